The van der Waals surface area contributed by atoms with Crippen LogP contribution in [0.1, 0.15) is 6.92 Å². The van der Waals surface area contributed by atoms with Crippen LogP contribution in [0.4, 0.5) is 0 Å². The van der Waals surface area contributed by atoms with Gasteiger partial charge < -0.3 is 20.4 Å². The van der Waals surface area contributed by atoms with Crippen LogP contribution < -0.4 is 0 Å². The first-order valence-corrected chi connectivity index (χ1v) is 3.15. The van der Waals surface area contributed by atoms with Crippen molar-refractivity contribution in [2.45, 2.75) is 12.5 Å². The van der Waals surface area contributed by atoms with E-state index in [4.69, 9.17) is 20.4 Å². The Labute approximate surface area is 68.1 Å². The van der Waals surface area contributed by atoms with Gasteiger partial charge in [0.1, 0.15) is 0 Å². The smallest absolute Gasteiger partial charge is 0.339 e. The molecule has 2 unspecified atom stereocenters. The van der Waals surface area contributed by atoms with Gasteiger partial charge >= 0.3 is 11.9 Å². The zero-order valence-electron chi connectivity index (χ0n) is 6.39. The molecule has 0 aliphatic rings. The maximum atomic E-state index is 10.3. The second kappa shape index (κ2) is 3.51. The summed E-state index contributed by atoms with van der Waals surface area (Å²) in [6, 6.07) is 0. The Hall–Kier alpha value is -1.14. The first-order chi connectivity index (χ1) is 5.36. The van der Waals surface area contributed by atoms with Gasteiger partial charge in [0.05, 0.1) is 12.5 Å². The van der Waals surface area contributed by atoms with E-state index in [0.717, 1.165) is 6.92 Å². The lowest BCUT2D eigenvalue weighted by Gasteiger charge is -2.24. The average Bonchev–Trinajstić information content (AvgIpc) is 2.01. The molecule has 70 valence electrons. The third kappa shape index (κ3) is 1.72. The summed E-state index contributed by atoms with van der Waals surface area (Å²) in [5.74, 6) is -4.78. The molecule has 0 aromatic heterocycles. The minimum Gasteiger partial charge on any atom is -0.481 e. The largest absolute Gasteiger partial charge is 0.481 e. The van der Waals surface area contributed by atoms with Crippen LogP contribution in [-0.2, 0) is 9.59 Å². The highest BCUT2D eigenvalue weighted by Crippen LogP contribution is 2.17. The van der Waals surface area contributed by atoms with E-state index < -0.39 is 30.1 Å². The standard InChI is InChI=1S/C6H10O6/c1-3(4(8)9)6(12,2-7)5(10)11/h3,7,12H,2H2,1H3,(H,8,9)(H,10,11). The molecular weight excluding hydrogens is 168 g/mol. The Balaban J connectivity index is 4.75. The molecular formula is C6H10O6. The van der Waals surface area contributed by atoms with Gasteiger partial charge in [0.15, 0.2) is 5.60 Å². The highest BCUT2D eigenvalue weighted by atomic mass is 16.4. The number of hydrogen-bond donors (Lipinski definition) is 4. The van der Waals surface area contributed by atoms with Crippen molar-refractivity contribution in [1.29, 1.82) is 0 Å². The number of carboxylic acid groups (broad SMARTS) is 2. The van der Waals surface area contributed by atoms with Gasteiger partial charge in [-0.2, -0.15) is 0 Å². The van der Waals surface area contributed by atoms with Gasteiger partial charge in [0.2, 0.25) is 0 Å². The second-order valence-electron chi connectivity index (χ2n) is 2.45. The Kier molecular flexibility index (Phi) is 3.17. The normalized spacial score (nSPS) is 17.9. The van der Waals surface area contributed by atoms with Gasteiger partial charge in [-0.05, 0) is 6.92 Å². The lowest BCUT2D eigenvalue weighted by Crippen LogP contribution is -2.51. The Morgan fingerprint density at radius 3 is 1.92 bits per heavy atom. The second-order valence-corrected chi connectivity index (χ2v) is 2.45. The van der Waals surface area contributed by atoms with Crippen molar-refractivity contribution in [2.75, 3.05) is 6.61 Å². The molecule has 0 amide bonds. The van der Waals surface area contributed by atoms with E-state index in [1.165, 1.54) is 0 Å². The molecule has 0 fully saturated rings. The fraction of sp³-hybridized carbons (Fsp3) is 0.667. The third-order valence-electron chi connectivity index (χ3n) is 1.70. The molecule has 6 heteroatoms. The Morgan fingerprint density at radius 2 is 1.83 bits per heavy atom. The van der Waals surface area contributed by atoms with Crippen LogP contribution in [0.2, 0.25) is 0 Å². The molecule has 0 bridgehead atoms. The van der Waals surface area contributed by atoms with Crippen molar-refractivity contribution in [3.05, 3.63) is 0 Å². The summed E-state index contributed by atoms with van der Waals surface area (Å²) in [5, 5.41) is 34.3. The van der Waals surface area contributed by atoms with Crippen molar-refractivity contribution in [3.8, 4) is 0 Å². The molecule has 0 heterocycles. The average molecular weight is 178 g/mol. The number of rotatable bonds is 4. The van der Waals surface area contributed by atoms with Crippen LogP contribution in [0.3, 0.4) is 0 Å². The molecule has 0 aromatic rings. The Morgan fingerprint density at radius 1 is 1.42 bits per heavy atom. The summed E-state index contributed by atoms with van der Waals surface area (Å²) >= 11 is 0. The molecule has 12 heavy (non-hydrogen) atoms. The molecule has 0 saturated heterocycles. The molecule has 6 nitrogen and oxygen atoms in total. The van der Waals surface area contributed by atoms with E-state index >= 15 is 0 Å². The van der Waals surface area contributed by atoms with Gasteiger partial charge in [0, 0.05) is 0 Å². The topological polar surface area (TPSA) is 115 Å². The van der Waals surface area contributed by atoms with Crippen molar-refractivity contribution in [1.82, 2.24) is 0 Å². The van der Waals surface area contributed by atoms with Crippen LogP contribution in [0.15, 0.2) is 0 Å². The SMILES string of the molecule is CC(C(=O)O)C(O)(CO)C(=O)O. The van der Waals surface area contributed by atoms with Crippen molar-refractivity contribution >= 4 is 11.9 Å². The number of carboxylic acids is 2. The van der Waals surface area contributed by atoms with Crippen LogP contribution in [-0.4, -0.2) is 44.6 Å². The highest BCUT2D eigenvalue weighted by Gasteiger charge is 2.45. The fourth-order valence-corrected chi connectivity index (χ4v) is 0.594. The predicted octanol–water partition coefficient (Wildman–Crippen LogP) is -1.48. The minimum absolute atomic E-state index is 1.01. The van der Waals surface area contributed by atoms with E-state index in [1.54, 1.807) is 0 Å². The third-order valence-corrected chi connectivity index (χ3v) is 1.70. The molecule has 2 atom stereocenters. The zero-order valence-corrected chi connectivity index (χ0v) is 6.39. The molecule has 4 N–H and O–H groups in total. The monoisotopic (exact) mass is 178 g/mol. The van der Waals surface area contributed by atoms with Crippen LogP contribution in [0.5, 0.6) is 0 Å². The van der Waals surface area contributed by atoms with Crippen molar-refractivity contribution in [3.63, 3.8) is 0 Å². The maximum absolute atomic E-state index is 10.3. The summed E-state index contributed by atoms with van der Waals surface area (Å²) in [6.07, 6.45) is 0. The van der Waals surface area contributed by atoms with Gasteiger partial charge in [-0.25, -0.2) is 4.79 Å². The number of aliphatic hydroxyl groups excluding tert-OH is 1. The van der Waals surface area contributed by atoms with Gasteiger partial charge in [-0.1, -0.05) is 0 Å². The van der Waals surface area contributed by atoms with Crippen LogP contribution >= 0.6 is 0 Å². The lowest BCUT2D eigenvalue weighted by molar-refractivity contribution is -0.178. The fourth-order valence-electron chi connectivity index (χ4n) is 0.594. The molecule has 0 saturated carbocycles. The summed E-state index contributed by atoms with van der Waals surface area (Å²) in [6.45, 7) is -0.123. The molecule has 0 radical (unpaired) electrons. The van der Waals surface area contributed by atoms with Crippen molar-refractivity contribution < 1.29 is 30.0 Å². The number of aliphatic hydroxyl groups is 2. The molecule has 0 spiro atoms. The van der Waals surface area contributed by atoms with Crippen LogP contribution in [0, 0.1) is 5.92 Å². The zero-order chi connectivity index (χ0) is 9.94. The number of carbonyl (C=O) groups is 2. The van der Waals surface area contributed by atoms with Gasteiger partial charge in [-0.3, -0.25) is 4.79 Å². The first-order valence-electron chi connectivity index (χ1n) is 3.15. The molecule has 0 aliphatic heterocycles. The van der Waals surface area contributed by atoms with Crippen LogP contribution in [0.25, 0.3) is 0 Å². The summed E-state index contributed by atoms with van der Waals surface area (Å²) in [5.41, 5.74) is -2.61. The van der Waals surface area contributed by atoms with E-state index in [-0.39, 0.29) is 0 Å². The lowest BCUT2D eigenvalue weighted by atomic mass is 9.90. The summed E-state index contributed by atoms with van der Waals surface area (Å²) in [7, 11) is 0. The van der Waals surface area contributed by atoms with E-state index in [2.05, 4.69) is 0 Å². The Bertz CT molecular complexity index is 200. The minimum atomic E-state index is -2.61. The summed E-state index contributed by atoms with van der Waals surface area (Å²) in [4.78, 5) is 20.6. The highest BCUT2D eigenvalue weighted by molar-refractivity contribution is 5.85. The molecule has 0 rings (SSSR count). The maximum Gasteiger partial charge on any atom is 0.339 e. The number of hydrogen-bond acceptors (Lipinski definition) is 4. The molecule has 0 aliphatic carbocycles. The van der Waals surface area contributed by atoms with E-state index in [1.807, 2.05) is 0 Å². The molecule has 0 aromatic carbocycles. The number of aliphatic carboxylic acids is 2. The van der Waals surface area contributed by atoms with E-state index in [9.17, 15) is 9.59 Å². The predicted molar refractivity (Wildman–Crippen MR) is 36.5 cm³/mol. The van der Waals surface area contributed by atoms with Gasteiger partial charge in [0.25, 0.3) is 0 Å². The first kappa shape index (κ1) is 10.9. The van der Waals surface area contributed by atoms with E-state index in [0.29, 0.717) is 0 Å². The van der Waals surface area contributed by atoms with Crippen molar-refractivity contribution in [2.24, 2.45) is 5.92 Å². The quantitative estimate of drug-likeness (QED) is 0.417. The van der Waals surface area contributed by atoms with Gasteiger partial charge in [-0.15, -0.1) is 0 Å². The summed E-state index contributed by atoms with van der Waals surface area (Å²) < 4.78 is 0.